The summed E-state index contributed by atoms with van der Waals surface area (Å²) < 4.78 is 44.7. The lowest BCUT2D eigenvalue weighted by Gasteiger charge is -2.09. The van der Waals surface area contributed by atoms with Gasteiger partial charge >= 0.3 is 0 Å². The third kappa shape index (κ3) is 3.33. The lowest BCUT2D eigenvalue weighted by atomic mass is 10.0. The molecule has 2 aromatic carbocycles. The molecule has 0 unspecified atom stereocenters. The van der Waals surface area contributed by atoms with Gasteiger partial charge < -0.3 is 4.74 Å². The van der Waals surface area contributed by atoms with Crippen LogP contribution < -0.4 is 9.88 Å². The Hall–Kier alpha value is -2.71. The van der Waals surface area contributed by atoms with E-state index >= 15 is 0 Å². The van der Waals surface area contributed by atoms with Crippen LogP contribution >= 0.6 is 0 Å². The Morgan fingerprint density at radius 2 is 1.92 bits per heavy atom. The summed E-state index contributed by atoms with van der Waals surface area (Å²) >= 11 is 0. The first-order valence-electron chi connectivity index (χ1n) is 7.88. The van der Waals surface area contributed by atoms with E-state index in [-0.39, 0.29) is 10.6 Å². The highest BCUT2D eigenvalue weighted by Crippen LogP contribution is 2.35. The first-order chi connectivity index (χ1) is 12.3. The molecule has 0 aliphatic carbocycles. The van der Waals surface area contributed by atoms with E-state index < -0.39 is 15.8 Å². The van der Waals surface area contributed by atoms with E-state index in [1.807, 2.05) is 6.92 Å². The van der Waals surface area contributed by atoms with Crippen molar-refractivity contribution in [3.05, 3.63) is 54.5 Å². The van der Waals surface area contributed by atoms with Crippen LogP contribution in [0.2, 0.25) is 0 Å². The minimum atomic E-state index is -3.94. The maximum atomic E-state index is 14.2. The lowest BCUT2D eigenvalue weighted by molar-refractivity contribution is 0.386. The SMILES string of the molecule is CCn1cc(-c2ccc(OC)c(F)c2)c(-c2ccccc2S(N)(=O)=O)n1. The van der Waals surface area contributed by atoms with Crippen LogP contribution in [0.4, 0.5) is 4.39 Å². The maximum Gasteiger partial charge on any atom is 0.238 e. The smallest absolute Gasteiger partial charge is 0.238 e. The van der Waals surface area contributed by atoms with Gasteiger partial charge in [0.2, 0.25) is 10.0 Å². The number of nitrogens with zero attached hydrogens (tertiary/aromatic N) is 2. The van der Waals surface area contributed by atoms with Gasteiger partial charge in [-0.15, -0.1) is 0 Å². The fraction of sp³-hybridized carbons (Fsp3) is 0.167. The van der Waals surface area contributed by atoms with Gasteiger partial charge in [-0.3, -0.25) is 4.68 Å². The second-order valence-corrected chi connectivity index (χ2v) is 7.17. The highest BCUT2D eigenvalue weighted by Gasteiger charge is 2.21. The Morgan fingerprint density at radius 3 is 2.54 bits per heavy atom. The summed E-state index contributed by atoms with van der Waals surface area (Å²) in [5.41, 5.74) is 1.95. The van der Waals surface area contributed by atoms with Crippen molar-refractivity contribution in [2.24, 2.45) is 5.14 Å². The molecule has 0 fully saturated rings. The Balaban J connectivity index is 2.26. The van der Waals surface area contributed by atoms with Crippen LogP contribution in [0.5, 0.6) is 5.75 Å². The molecule has 8 heteroatoms. The summed E-state index contributed by atoms with van der Waals surface area (Å²) in [5, 5.41) is 9.81. The summed E-state index contributed by atoms with van der Waals surface area (Å²) in [7, 11) is -2.55. The van der Waals surface area contributed by atoms with Crippen LogP contribution in [0, 0.1) is 5.82 Å². The van der Waals surface area contributed by atoms with Crippen LogP contribution in [-0.2, 0) is 16.6 Å². The van der Waals surface area contributed by atoms with Crippen molar-refractivity contribution in [2.45, 2.75) is 18.4 Å². The van der Waals surface area contributed by atoms with Gasteiger partial charge in [-0.1, -0.05) is 24.3 Å². The molecule has 26 heavy (non-hydrogen) atoms. The summed E-state index contributed by atoms with van der Waals surface area (Å²) in [6.45, 7) is 2.48. The van der Waals surface area contributed by atoms with Gasteiger partial charge in [0, 0.05) is 23.9 Å². The van der Waals surface area contributed by atoms with Crippen molar-refractivity contribution < 1.29 is 17.5 Å². The number of ether oxygens (including phenoxy) is 1. The highest BCUT2D eigenvalue weighted by molar-refractivity contribution is 7.89. The van der Waals surface area contributed by atoms with Crippen LogP contribution in [0.25, 0.3) is 22.4 Å². The number of halogens is 1. The van der Waals surface area contributed by atoms with Gasteiger partial charge in [0.1, 0.15) is 5.69 Å². The summed E-state index contributed by atoms with van der Waals surface area (Å²) in [6, 6.07) is 10.9. The lowest BCUT2D eigenvalue weighted by Crippen LogP contribution is -2.13. The van der Waals surface area contributed by atoms with E-state index in [9.17, 15) is 12.8 Å². The summed E-state index contributed by atoms with van der Waals surface area (Å²) in [4.78, 5) is -0.0309. The number of methoxy groups -OCH3 is 1. The average molecular weight is 375 g/mol. The molecule has 0 saturated carbocycles. The third-order valence-electron chi connectivity index (χ3n) is 4.00. The van der Waals surface area contributed by atoms with E-state index in [1.54, 1.807) is 35.1 Å². The molecule has 0 aliphatic rings. The molecule has 3 rings (SSSR count). The van der Waals surface area contributed by atoms with E-state index in [1.165, 1.54) is 25.3 Å². The normalized spacial score (nSPS) is 11.5. The predicted octanol–water partition coefficient (Wildman–Crippen LogP) is 3.03. The number of hydrogen-bond acceptors (Lipinski definition) is 4. The Morgan fingerprint density at radius 1 is 1.19 bits per heavy atom. The monoisotopic (exact) mass is 375 g/mol. The number of aromatic nitrogens is 2. The van der Waals surface area contributed by atoms with Crippen molar-refractivity contribution in [3.63, 3.8) is 0 Å². The fourth-order valence-electron chi connectivity index (χ4n) is 2.74. The maximum absolute atomic E-state index is 14.2. The number of hydrogen-bond donors (Lipinski definition) is 1. The molecule has 2 N–H and O–H groups in total. The molecule has 0 saturated heterocycles. The van der Waals surface area contributed by atoms with Gasteiger partial charge in [-0.2, -0.15) is 5.10 Å². The number of nitrogens with two attached hydrogens (primary N) is 1. The summed E-state index contributed by atoms with van der Waals surface area (Å²) in [5.74, 6) is -0.386. The molecule has 0 amide bonds. The van der Waals surface area contributed by atoms with E-state index in [2.05, 4.69) is 5.10 Å². The average Bonchev–Trinajstić information content (AvgIpc) is 3.05. The highest BCUT2D eigenvalue weighted by atomic mass is 32.2. The molecular formula is C18H18FN3O3S. The van der Waals surface area contributed by atoms with Gasteiger partial charge in [0.05, 0.1) is 12.0 Å². The number of benzene rings is 2. The zero-order valence-corrected chi connectivity index (χ0v) is 15.1. The van der Waals surface area contributed by atoms with E-state index in [0.717, 1.165) is 0 Å². The third-order valence-corrected chi connectivity index (χ3v) is 4.97. The first-order valence-corrected chi connectivity index (χ1v) is 9.43. The molecule has 136 valence electrons. The zero-order valence-electron chi connectivity index (χ0n) is 14.3. The van der Waals surface area contributed by atoms with E-state index in [0.29, 0.717) is 28.9 Å². The van der Waals surface area contributed by atoms with Crippen LogP contribution in [0.3, 0.4) is 0 Å². The van der Waals surface area contributed by atoms with Crippen molar-refractivity contribution in [3.8, 4) is 28.1 Å². The second-order valence-electron chi connectivity index (χ2n) is 5.64. The van der Waals surface area contributed by atoms with Gasteiger partial charge in [-0.05, 0) is 30.7 Å². The van der Waals surface area contributed by atoms with E-state index in [4.69, 9.17) is 9.88 Å². The van der Waals surface area contributed by atoms with Crippen molar-refractivity contribution in [2.75, 3.05) is 7.11 Å². The summed E-state index contributed by atoms with van der Waals surface area (Å²) in [6.07, 6.45) is 1.75. The molecule has 1 aromatic heterocycles. The molecular weight excluding hydrogens is 357 g/mol. The zero-order chi connectivity index (χ0) is 18.9. The first kappa shape index (κ1) is 18.1. The number of aryl methyl sites for hydroxylation is 1. The molecule has 0 atom stereocenters. The van der Waals surface area contributed by atoms with Gasteiger partial charge in [0.15, 0.2) is 11.6 Å². The molecule has 0 spiro atoms. The standard InChI is InChI=1S/C18H18FN3O3S/c1-3-22-11-14(12-8-9-16(25-2)15(19)10-12)18(21-22)13-6-4-5-7-17(13)26(20,23)24/h4-11H,3H2,1-2H3,(H2,20,23,24). The predicted molar refractivity (Wildman–Crippen MR) is 96.7 cm³/mol. The molecule has 0 bridgehead atoms. The molecule has 6 nitrogen and oxygen atoms in total. The van der Waals surface area contributed by atoms with Crippen LogP contribution in [0.15, 0.2) is 53.6 Å². The minimum absolute atomic E-state index is 0.0309. The fourth-order valence-corrected chi connectivity index (χ4v) is 3.48. The van der Waals surface area contributed by atoms with Crippen molar-refractivity contribution in [1.29, 1.82) is 0 Å². The number of sulfonamides is 1. The van der Waals surface area contributed by atoms with Gasteiger partial charge in [-0.25, -0.2) is 17.9 Å². The molecule has 3 aromatic rings. The number of rotatable bonds is 5. The molecule has 0 radical (unpaired) electrons. The van der Waals surface area contributed by atoms with Crippen molar-refractivity contribution in [1.82, 2.24) is 9.78 Å². The minimum Gasteiger partial charge on any atom is -0.494 e. The topological polar surface area (TPSA) is 87.2 Å². The van der Waals surface area contributed by atoms with Crippen LogP contribution in [0.1, 0.15) is 6.92 Å². The molecule has 1 heterocycles. The Bertz CT molecular complexity index is 1060. The Kier molecular flexibility index (Phi) is 4.80. The van der Waals surface area contributed by atoms with Crippen LogP contribution in [-0.4, -0.2) is 25.3 Å². The van der Waals surface area contributed by atoms with Gasteiger partial charge in [0.25, 0.3) is 0 Å². The molecule has 0 aliphatic heterocycles. The Labute approximate surface area is 151 Å². The van der Waals surface area contributed by atoms with Crippen molar-refractivity contribution >= 4 is 10.0 Å². The second kappa shape index (κ2) is 6.89. The quantitative estimate of drug-likeness (QED) is 0.742. The number of primary sulfonamides is 1. The largest absolute Gasteiger partial charge is 0.494 e.